The van der Waals surface area contributed by atoms with Crippen molar-refractivity contribution in [3.05, 3.63) is 65.2 Å². The molecule has 2 amide bonds. The van der Waals surface area contributed by atoms with Gasteiger partial charge in [0.1, 0.15) is 5.75 Å². The maximum atomic E-state index is 12.2. The fourth-order valence-electron chi connectivity index (χ4n) is 2.61. The van der Waals surface area contributed by atoms with Gasteiger partial charge in [0.2, 0.25) is 0 Å². The van der Waals surface area contributed by atoms with E-state index in [1.165, 1.54) is 17.8 Å². The lowest BCUT2D eigenvalue weighted by atomic mass is 10.1. The summed E-state index contributed by atoms with van der Waals surface area (Å²) in [6.07, 6.45) is 4.04. The van der Waals surface area contributed by atoms with Crippen LogP contribution in [0.2, 0.25) is 0 Å². The Hall–Kier alpha value is -3.65. The number of hydrogen-bond donors (Lipinski definition) is 4. The van der Waals surface area contributed by atoms with Crippen molar-refractivity contribution in [3.63, 3.8) is 0 Å². The largest absolute Gasteiger partial charge is 0.507 e. The average molecular weight is 396 g/mol. The number of hydrogen-bond acceptors (Lipinski definition) is 6. The van der Waals surface area contributed by atoms with E-state index in [1.807, 2.05) is 19.9 Å². The molecular weight excluding hydrogens is 372 g/mol. The number of phenolic OH excluding ortho intramolecular Hbond substituents is 1. The Morgan fingerprint density at radius 1 is 1.10 bits per heavy atom. The van der Waals surface area contributed by atoms with Crippen LogP contribution in [0.3, 0.4) is 0 Å². The summed E-state index contributed by atoms with van der Waals surface area (Å²) in [5, 5.41) is 22.5. The fourth-order valence-corrected chi connectivity index (χ4v) is 2.61. The van der Waals surface area contributed by atoms with Gasteiger partial charge in [0.25, 0.3) is 11.8 Å². The Bertz CT molecular complexity index is 903. The Balaban J connectivity index is 1.99. The standard InChI is InChI=1S/C21H24N4O4/c1-3-25(4-2)18-11-10-17(19(26)13-18)14-22-23-21(28)16-8-5-15(6-9-16)7-12-20(27)24-29/h5-14,26,29H,3-4H2,1-2H3,(H,23,28)(H,24,27)/b12-7+,22-14+. The van der Waals surface area contributed by atoms with E-state index >= 15 is 0 Å². The Morgan fingerprint density at radius 3 is 2.38 bits per heavy atom. The minimum Gasteiger partial charge on any atom is -0.507 e. The van der Waals surface area contributed by atoms with Crippen LogP contribution in [0.4, 0.5) is 5.69 Å². The molecule has 0 bridgehead atoms. The van der Waals surface area contributed by atoms with Gasteiger partial charge in [-0.3, -0.25) is 14.8 Å². The van der Waals surface area contributed by atoms with Gasteiger partial charge in [-0.15, -0.1) is 0 Å². The van der Waals surface area contributed by atoms with Gasteiger partial charge in [-0.2, -0.15) is 5.10 Å². The molecule has 0 atom stereocenters. The van der Waals surface area contributed by atoms with E-state index in [-0.39, 0.29) is 5.75 Å². The zero-order valence-electron chi connectivity index (χ0n) is 16.3. The first-order valence-corrected chi connectivity index (χ1v) is 9.12. The zero-order chi connectivity index (χ0) is 21.2. The van der Waals surface area contributed by atoms with Crippen LogP contribution in [-0.2, 0) is 4.79 Å². The van der Waals surface area contributed by atoms with E-state index in [9.17, 15) is 14.7 Å². The van der Waals surface area contributed by atoms with Crippen LogP contribution in [0.1, 0.15) is 35.3 Å². The van der Waals surface area contributed by atoms with Crippen LogP contribution < -0.4 is 15.8 Å². The summed E-state index contributed by atoms with van der Waals surface area (Å²) in [5.41, 5.74) is 6.37. The number of carbonyl (C=O) groups is 2. The van der Waals surface area contributed by atoms with Crippen molar-refractivity contribution in [2.45, 2.75) is 13.8 Å². The lowest BCUT2D eigenvalue weighted by Crippen LogP contribution is -2.21. The van der Waals surface area contributed by atoms with Gasteiger partial charge in [0.15, 0.2) is 0 Å². The average Bonchev–Trinajstić information content (AvgIpc) is 2.74. The summed E-state index contributed by atoms with van der Waals surface area (Å²) in [6, 6.07) is 11.8. The first-order chi connectivity index (χ1) is 14.0. The van der Waals surface area contributed by atoms with Crippen molar-refractivity contribution >= 4 is 29.8 Å². The molecule has 0 aromatic heterocycles. The molecule has 0 radical (unpaired) electrons. The number of rotatable bonds is 8. The second-order valence-electron chi connectivity index (χ2n) is 6.05. The highest BCUT2D eigenvalue weighted by atomic mass is 16.5. The first-order valence-electron chi connectivity index (χ1n) is 9.12. The third-order valence-corrected chi connectivity index (χ3v) is 4.22. The monoisotopic (exact) mass is 396 g/mol. The fraction of sp³-hybridized carbons (Fsp3) is 0.190. The number of hydrazone groups is 1. The highest BCUT2D eigenvalue weighted by molar-refractivity contribution is 5.95. The van der Waals surface area contributed by atoms with Gasteiger partial charge < -0.3 is 10.0 Å². The topological polar surface area (TPSA) is 114 Å². The molecule has 0 spiro atoms. The van der Waals surface area contributed by atoms with E-state index in [0.717, 1.165) is 24.9 Å². The van der Waals surface area contributed by atoms with Gasteiger partial charge in [-0.25, -0.2) is 10.9 Å². The number of amides is 2. The Labute approximate surface area is 169 Å². The maximum Gasteiger partial charge on any atom is 0.271 e. The number of benzene rings is 2. The molecule has 8 heteroatoms. The number of nitrogens with zero attached hydrogens (tertiary/aromatic N) is 2. The zero-order valence-corrected chi connectivity index (χ0v) is 16.3. The molecule has 4 N–H and O–H groups in total. The van der Waals surface area contributed by atoms with Crippen molar-refractivity contribution in [1.29, 1.82) is 0 Å². The first kappa shape index (κ1) is 21.6. The molecule has 152 valence electrons. The van der Waals surface area contributed by atoms with Crippen molar-refractivity contribution < 1.29 is 19.9 Å². The smallest absolute Gasteiger partial charge is 0.271 e. The predicted molar refractivity (Wildman–Crippen MR) is 112 cm³/mol. The Kier molecular flexibility index (Phi) is 7.93. The molecule has 0 unspecified atom stereocenters. The highest BCUT2D eigenvalue weighted by Gasteiger charge is 2.07. The predicted octanol–water partition coefficient (Wildman–Crippen LogP) is 2.52. The summed E-state index contributed by atoms with van der Waals surface area (Å²) in [4.78, 5) is 25.2. The highest BCUT2D eigenvalue weighted by Crippen LogP contribution is 2.23. The molecule has 0 heterocycles. The second kappa shape index (κ2) is 10.6. The van der Waals surface area contributed by atoms with E-state index < -0.39 is 11.8 Å². The van der Waals surface area contributed by atoms with Crippen LogP contribution in [-0.4, -0.2) is 41.4 Å². The number of nitrogens with one attached hydrogen (secondary N) is 2. The molecule has 2 rings (SSSR count). The van der Waals surface area contributed by atoms with Crippen molar-refractivity contribution in [2.24, 2.45) is 5.10 Å². The SMILES string of the molecule is CCN(CC)c1ccc(/C=N/NC(=O)c2ccc(/C=C/C(=O)NO)cc2)c(O)c1. The summed E-state index contributed by atoms with van der Waals surface area (Å²) < 4.78 is 0. The molecule has 8 nitrogen and oxygen atoms in total. The van der Waals surface area contributed by atoms with E-state index in [2.05, 4.69) is 15.4 Å². The minimum absolute atomic E-state index is 0.0791. The molecule has 0 saturated carbocycles. The van der Waals surface area contributed by atoms with Gasteiger partial charge in [-0.1, -0.05) is 12.1 Å². The third-order valence-electron chi connectivity index (χ3n) is 4.22. The molecule has 2 aromatic carbocycles. The number of anilines is 1. The van der Waals surface area contributed by atoms with Crippen LogP contribution >= 0.6 is 0 Å². The normalized spacial score (nSPS) is 11.0. The molecule has 0 aliphatic heterocycles. The molecule has 0 saturated heterocycles. The lowest BCUT2D eigenvalue weighted by Gasteiger charge is -2.21. The third kappa shape index (κ3) is 6.18. The second-order valence-corrected chi connectivity index (χ2v) is 6.05. The van der Waals surface area contributed by atoms with Crippen LogP contribution in [0.5, 0.6) is 5.75 Å². The van der Waals surface area contributed by atoms with Gasteiger partial charge >= 0.3 is 0 Å². The van der Waals surface area contributed by atoms with Crippen LogP contribution in [0, 0.1) is 0 Å². The quantitative estimate of drug-likeness (QED) is 0.237. The Morgan fingerprint density at radius 2 is 1.79 bits per heavy atom. The van der Waals surface area contributed by atoms with Crippen molar-refractivity contribution in [2.75, 3.05) is 18.0 Å². The number of carbonyl (C=O) groups excluding carboxylic acids is 2. The number of hydroxylamine groups is 1. The van der Waals surface area contributed by atoms with Crippen LogP contribution in [0.15, 0.2) is 53.6 Å². The summed E-state index contributed by atoms with van der Waals surface area (Å²) in [6.45, 7) is 5.76. The molecule has 0 aliphatic carbocycles. The minimum atomic E-state index is -0.644. The molecule has 0 fully saturated rings. The summed E-state index contributed by atoms with van der Waals surface area (Å²) in [5.74, 6) is -0.978. The van der Waals surface area contributed by atoms with Crippen molar-refractivity contribution in [1.82, 2.24) is 10.9 Å². The number of phenols is 1. The molecular formula is C21H24N4O4. The maximum absolute atomic E-state index is 12.2. The molecule has 29 heavy (non-hydrogen) atoms. The lowest BCUT2D eigenvalue weighted by molar-refractivity contribution is -0.124. The van der Waals surface area contributed by atoms with Gasteiger partial charge in [0, 0.05) is 42.0 Å². The molecule has 2 aromatic rings. The van der Waals surface area contributed by atoms with E-state index in [4.69, 9.17) is 5.21 Å². The van der Waals surface area contributed by atoms with Gasteiger partial charge in [-0.05, 0) is 49.8 Å². The van der Waals surface area contributed by atoms with E-state index in [0.29, 0.717) is 16.7 Å². The van der Waals surface area contributed by atoms with Crippen LogP contribution in [0.25, 0.3) is 6.08 Å². The van der Waals surface area contributed by atoms with Crippen molar-refractivity contribution in [3.8, 4) is 5.75 Å². The van der Waals surface area contributed by atoms with E-state index in [1.54, 1.807) is 36.4 Å². The summed E-state index contributed by atoms with van der Waals surface area (Å²) in [7, 11) is 0. The summed E-state index contributed by atoms with van der Waals surface area (Å²) >= 11 is 0. The molecule has 0 aliphatic rings. The van der Waals surface area contributed by atoms with Gasteiger partial charge in [0.05, 0.1) is 6.21 Å². The number of aromatic hydroxyl groups is 1.